The molecule has 0 saturated heterocycles. The molecular weight excluding hydrogens is 409 g/mol. The van der Waals surface area contributed by atoms with Crippen LogP contribution in [0.1, 0.15) is 25.3 Å². The molecule has 1 aliphatic carbocycles. The summed E-state index contributed by atoms with van der Waals surface area (Å²) in [6, 6.07) is 9.81. The summed E-state index contributed by atoms with van der Waals surface area (Å²) in [5, 5.41) is 20.2. The average Bonchev–Trinajstić information content (AvgIpc) is 3.20. The van der Waals surface area contributed by atoms with Crippen LogP contribution in [-0.4, -0.2) is 27.9 Å². The minimum Gasteiger partial charge on any atom is -0.406 e. The first-order valence-corrected chi connectivity index (χ1v) is 10.5. The van der Waals surface area contributed by atoms with Gasteiger partial charge in [0.05, 0.1) is 12.1 Å². The molecular formula is C18H17F3N4OS2. The number of nitrogens with zero attached hydrogens (tertiary/aromatic N) is 3. The third kappa shape index (κ3) is 2.58. The van der Waals surface area contributed by atoms with Crippen molar-refractivity contribution in [1.29, 1.82) is 10.5 Å². The highest BCUT2D eigenvalue weighted by Gasteiger charge is 2.91. The summed E-state index contributed by atoms with van der Waals surface area (Å²) < 4.78 is 40.2. The molecule has 0 amide bonds. The topological polar surface area (TPSA) is 95.2 Å². The lowest BCUT2D eigenvalue weighted by Crippen LogP contribution is -2.31. The fourth-order valence-corrected chi connectivity index (χ4v) is 7.36. The number of nitrogens with two attached hydrogens (primary N) is 1. The van der Waals surface area contributed by atoms with Crippen LogP contribution in [0.25, 0.3) is 0 Å². The number of hydrogen-bond acceptors (Lipinski definition) is 7. The number of aliphatic imine (C=N–C) groups is 1. The molecule has 1 saturated carbocycles. The third-order valence-corrected chi connectivity index (χ3v) is 7.95. The van der Waals surface area contributed by atoms with Crippen LogP contribution in [0.4, 0.5) is 13.2 Å². The molecule has 3 unspecified atom stereocenters. The standard InChI is InChI=1S/C18H17F3N4OS2/c1-3-27-17(28-4-2)16(10-23)13(15(16,9-22)14(24)25-17)11-5-7-12(8-6-11)26-18(19,20)21/h5-8,13H,3-4H2,1-2H3,(H2,24,25). The van der Waals surface area contributed by atoms with Gasteiger partial charge >= 0.3 is 6.36 Å². The zero-order valence-electron chi connectivity index (χ0n) is 15.1. The summed E-state index contributed by atoms with van der Waals surface area (Å²) in [5.41, 5.74) is 4.26. The Morgan fingerprint density at radius 2 is 1.71 bits per heavy atom. The molecule has 28 heavy (non-hydrogen) atoms. The van der Waals surface area contributed by atoms with Gasteiger partial charge in [0.1, 0.15) is 22.4 Å². The highest BCUT2D eigenvalue weighted by Crippen LogP contribution is 2.85. The van der Waals surface area contributed by atoms with Crippen molar-refractivity contribution in [2.24, 2.45) is 21.6 Å². The number of benzene rings is 1. The number of rotatable bonds is 6. The van der Waals surface area contributed by atoms with Crippen LogP contribution in [-0.2, 0) is 0 Å². The normalized spacial score (nSPS) is 30.0. The molecule has 0 radical (unpaired) electrons. The minimum atomic E-state index is -4.79. The maximum atomic E-state index is 12.4. The van der Waals surface area contributed by atoms with E-state index in [1.54, 1.807) is 0 Å². The quantitative estimate of drug-likeness (QED) is 0.684. The van der Waals surface area contributed by atoms with Gasteiger partial charge in [-0.25, -0.2) is 4.99 Å². The second kappa shape index (κ2) is 6.78. The van der Waals surface area contributed by atoms with Crippen LogP contribution in [0.2, 0.25) is 0 Å². The molecule has 3 rings (SSSR count). The van der Waals surface area contributed by atoms with E-state index < -0.39 is 27.3 Å². The number of halogens is 3. The monoisotopic (exact) mass is 426 g/mol. The van der Waals surface area contributed by atoms with Crippen LogP contribution < -0.4 is 10.5 Å². The van der Waals surface area contributed by atoms with Gasteiger partial charge in [0.2, 0.25) is 0 Å². The second-order valence-electron chi connectivity index (χ2n) is 6.33. The van der Waals surface area contributed by atoms with Gasteiger partial charge in [0.15, 0.2) is 4.20 Å². The van der Waals surface area contributed by atoms with Crippen molar-refractivity contribution < 1.29 is 17.9 Å². The molecule has 148 valence electrons. The number of amidine groups is 1. The van der Waals surface area contributed by atoms with E-state index in [0.29, 0.717) is 17.1 Å². The number of hydrogen-bond donors (Lipinski definition) is 1. The van der Waals surface area contributed by atoms with Crippen LogP contribution in [0.3, 0.4) is 0 Å². The number of ether oxygens (including phenoxy) is 1. The Hall–Kier alpha value is -2.04. The molecule has 10 heteroatoms. The van der Waals surface area contributed by atoms with E-state index in [4.69, 9.17) is 5.73 Å². The van der Waals surface area contributed by atoms with Crippen molar-refractivity contribution >= 4 is 29.4 Å². The van der Waals surface area contributed by atoms with E-state index in [1.807, 2.05) is 13.8 Å². The Balaban J connectivity index is 2.07. The van der Waals surface area contributed by atoms with E-state index in [2.05, 4.69) is 21.9 Å². The molecule has 0 bridgehead atoms. The van der Waals surface area contributed by atoms with E-state index >= 15 is 0 Å². The van der Waals surface area contributed by atoms with Gasteiger partial charge in [-0.15, -0.1) is 36.7 Å². The van der Waals surface area contributed by atoms with Crippen molar-refractivity contribution in [1.82, 2.24) is 0 Å². The summed E-state index contributed by atoms with van der Waals surface area (Å²) in [6.45, 7) is 3.87. The highest BCUT2D eigenvalue weighted by atomic mass is 32.2. The second-order valence-corrected chi connectivity index (χ2v) is 9.51. The van der Waals surface area contributed by atoms with E-state index in [-0.39, 0.29) is 11.6 Å². The minimum absolute atomic E-state index is 0.110. The van der Waals surface area contributed by atoms with Crippen molar-refractivity contribution in [2.45, 2.75) is 30.3 Å². The molecule has 2 N–H and O–H groups in total. The van der Waals surface area contributed by atoms with Crippen molar-refractivity contribution in [2.75, 3.05) is 11.5 Å². The smallest absolute Gasteiger partial charge is 0.406 e. The maximum absolute atomic E-state index is 12.4. The first-order chi connectivity index (χ1) is 13.2. The fourth-order valence-electron chi connectivity index (χ4n) is 4.11. The zero-order valence-corrected chi connectivity index (χ0v) is 16.7. The summed E-state index contributed by atoms with van der Waals surface area (Å²) >= 11 is 2.92. The van der Waals surface area contributed by atoms with Gasteiger partial charge in [0, 0.05) is 5.92 Å². The molecule has 3 atom stereocenters. The lowest BCUT2D eigenvalue weighted by atomic mass is 9.97. The summed E-state index contributed by atoms with van der Waals surface area (Å²) in [6.07, 6.45) is -4.79. The van der Waals surface area contributed by atoms with Gasteiger partial charge in [-0.05, 0) is 29.2 Å². The van der Waals surface area contributed by atoms with Gasteiger partial charge in [0.25, 0.3) is 0 Å². The molecule has 5 nitrogen and oxygen atoms in total. The molecule has 1 heterocycles. The molecule has 1 fully saturated rings. The lowest BCUT2D eigenvalue weighted by Gasteiger charge is -2.31. The third-order valence-electron chi connectivity index (χ3n) is 5.05. The molecule has 0 aromatic heterocycles. The van der Waals surface area contributed by atoms with Gasteiger partial charge in [-0.1, -0.05) is 26.0 Å². The predicted octanol–water partition coefficient (Wildman–Crippen LogP) is 4.23. The summed E-state index contributed by atoms with van der Waals surface area (Å²) in [4.78, 5) is 4.56. The Bertz CT molecular complexity index is 884. The summed E-state index contributed by atoms with van der Waals surface area (Å²) in [7, 11) is 0. The zero-order chi connectivity index (χ0) is 20.8. The average molecular weight is 426 g/mol. The Morgan fingerprint density at radius 1 is 1.14 bits per heavy atom. The SMILES string of the molecule is CCSC1(SCC)N=C(N)C2(C#N)C(c3ccc(OC(F)(F)F)cc3)C12C#N. The van der Waals surface area contributed by atoms with E-state index in [0.717, 1.165) is 0 Å². The Kier molecular flexibility index (Phi) is 5.01. The van der Waals surface area contributed by atoms with Crippen molar-refractivity contribution in [3.63, 3.8) is 0 Å². The predicted molar refractivity (Wildman–Crippen MR) is 103 cm³/mol. The fraction of sp³-hybridized carbons (Fsp3) is 0.500. The largest absolute Gasteiger partial charge is 0.573 e. The lowest BCUT2D eigenvalue weighted by molar-refractivity contribution is -0.274. The molecule has 1 aromatic carbocycles. The number of fused-ring (bicyclic) bond motifs is 1. The van der Waals surface area contributed by atoms with Crippen LogP contribution >= 0.6 is 23.5 Å². The first-order valence-electron chi connectivity index (χ1n) is 8.50. The van der Waals surface area contributed by atoms with Crippen LogP contribution in [0.15, 0.2) is 29.3 Å². The Morgan fingerprint density at radius 3 is 2.14 bits per heavy atom. The molecule has 0 spiro atoms. The van der Waals surface area contributed by atoms with Gasteiger partial charge in [-0.2, -0.15) is 10.5 Å². The number of thioether (sulfide) groups is 2. The summed E-state index contributed by atoms with van der Waals surface area (Å²) in [5.74, 6) is 0.502. The maximum Gasteiger partial charge on any atom is 0.573 e. The Labute approximate surface area is 169 Å². The van der Waals surface area contributed by atoms with Gasteiger partial charge in [-0.3, -0.25) is 0 Å². The van der Waals surface area contributed by atoms with Crippen LogP contribution in [0, 0.1) is 33.5 Å². The number of nitriles is 2. The molecule has 2 aliphatic rings. The first kappa shape index (κ1) is 20.7. The van der Waals surface area contributed by atoms with Gasteiger partial charge < -0.3 is 10.5 Å². The molecule has 1 aromatic rings. The van der Waals surface area contributed by atoms with Crippen molar-refractivity contribution in [3.8, 4) is 17.9 Å². The highest BCUT2D eigenvalue weighted by molar-refractivity contribution is 8.18. The molecule has 1 aliphatic heterocycles. The van der Waals surface area contributed by atoms with E-state index in [1.165, 1.54) is 47.8 Å². The van der Waals surface area contributed by atoms with Crippen molar-refractivity contribution in [3.05, 3.63) is 29.8 Å². The number of alkyl halides is 3. The van der Waals surface area contributed by atoms with Crippen LogP contribution in [0.5, 0.6) is 5.75 Å². The van der Waals surface area contributed by atoms with E-state index in [9.17, 15) is 23.7 Å².